The molecule has 2 aliphatic heterocycles. The first-order chi connectivity index (χ1) is 13.5. The van der Waals surface area contributed by atoms with Crippen molar-refractivity contribution in [2.75, 3.05) is 38.9 Å². The number of likely N-dealkylation sites (tertiary alicyclic amines) is 1. The lowest BCUT2D eigenvalue weighted by atomic mass is 9.89. The Morgan fingerprint density at radius 3 is 2.46 bits per heavy atom. The monoisotopic (exact) mass is 380 g/mol. The molecule has 1 amide bonds. The number of carbonyl (C=O) groups excluding carboxylic acids is 2. The molecule has 0 unspecified atom stereocenters. The number of amides is 1. The molecule has 2 aromatic rings. The van der Waals surface area contributed by atoms with Crippen LogP contribution in [0.4, 0.5) is 5.69 Å². The molecule has 6 nitrogen and oxygen atoms in total. The zero-order valence-electron chi connectivity index (χ0n) is 16.2. The molecule has 6 heteroatoms. The highest BCUT2D eigenvalue weighted by Crippen LogP contribution is 2.34. The molecule has 0 aromatic heterocycles. The van der Waals surface area contributed by atoms with E-state index in [0.717, 1.165) is 18.5 Å². The number of ketones is 1. The number of Topliss-reactive ketones (excluding diaryl/α,β-unsaturated/α-hetero) is 1. The van der Waals surface area contributed by atoms with E-state index in [9.17, 15) is 9.59 Å². The van der Waals surface area contributed by atoms with Crippen LogP contribution >= 0.6 is 0 Å². The number of piperidine rings is 1. The summed E-state index contributed by atoms with van der Waals surface area (Å²) >= 11 is 0. The molecule has 146 valence electrons. The Balaban J connectivity index is 1.46. The zero-order chi connectivity index (χ0) is 19.7. The minimum Gasteiger partial charge on any atom is -0.454 e. The summed E-state index contributed by atoms with van der Waals surface area (Å²) in [6, 6.07) is 12.9. The maximum Gasteiger partial charge on any atom is 0.253 e. The van der Waals surface area contributed by atoms with Gasteiger partial charge in [-0.1, -0.05) is 0 Å². The SMILES string of the molecule is CN(C)c1ccc(C(=O)N2CCC[C@H](C(=O)c3ccc4c(c3)OCO4)C2)cc1. The van der Waals surface area contributed by atoms with Crippen molar-refractivity contribution in [3.8, 4) is 11.5 Å². The third-order valence-corrected chi connectivity index (χ3v) is 5.37. The van der Waals surface area contributed by atoms with Crippen molar-refractivity contribution in [3.05, 3.63) is 53.6 Å². The highest BCUT2D eigenvalue weighted by atomic mass is 16.7. The molecule has 0 spiro atoms. The lowest BCUT2D eigenvalue weighted by molar-refractivity contribution is 0.0637. The maximum absolute atomic E-state index is 13.0. The summed E-state index contributed by atoms with van der Waals surface area (Å²) < 4.78 is 10.7. The van der Waals surface area contributed by atoms with Crippen molar-refractivity contribution in [1.82, 2.24) is 4.90 Å². The zero-order valence-corrected chi connectivity index (χ0v) is 16.2. The standard InChI is InChI=1S/C22H24N2O4/c1-23(2)18-8-5-15(6-9-18)22(26)24-11-3-4-17(13-24)21(25)16-7-10-19-20(12-16)28-14-27-19/h5-10,12,17H,3-4,11,13-14H2,1-2H3/t17-/m0/s1. The summed E-state index contributed by atoms with van der Waals surface area (Å²) in [5.41, 5.74) is 2.31. The van der Waals surface area contributed by atoms with Crippen LogP contribution in [0, 0.1) is 5.92 Å². The van der Waals surface area contributed by atoms with E-state index in [1.165, 1.54) is 0 Å². The van der Waals surface area contributed by atoms with Crippen LogP contribution in [-0.4, -0.2) is 50.6 Å². The van der Waals surface area contributed by atoms with Crippen LogP contribution in [0.25, 0.3) is 0 Å². The van der Waals surface area contributed by atoms with E-state index in [0.29, 0.717) is 35.7 Å². The average Bonchev–Trinajstić information content (AvgIpc) is 3.20. The maximum atomic E-state index is 13.0. The number of nitrogens with zero attached hydrogens (tertiary/aromatic N) is 2. The second kappa shape index (κ2) is 7.54. The lowest BCUT2D eigenvalue weighted by Crippen LogP contribution is -2.42. The Labute approximate surface area is 164 Å². The molecule has 1 saturated heterocycles. The Bertz CT molecular complexity index is 892. The van der Waals surface area contributed by atoms with E-state index >= 15 is 0 Å². The van der Waals surface area contributed by atoms with Gasteiger partial charge in [-0.2, -0.15) is 0 Å². The van der Waals surface area contributed by atoms with Gasteiger partial charge >= 0.3 is 0 Å². The number of benzene rings is 2. The number of hydrogen-bond acceptors (Lipinski definition) is 5. The van der Waals surface area contributed by atoms with Crippen LogP contribution < -0.4 is 14.4 Å². The number of carbonyl (C=O) groups is 2. The Morgan fingerprint density at radius 1 is 1.00 bits per heavy atom. The summed E-state index contributed by atoms with van der Waals surface area (Å²) in [6.45, 7) is 1.31. The molecule has 2 aromatic carbocycles. The number of anilines is 1. The fraction of sp³-hybridized carbons (Fsp3) is 0.364. The van der Waals surface area contributed by atoms with Gasteiger partial charge in [-0.15, -0.1) is 0 Å². The number of rotatable bonds is 4. The molecule has 2 heterocycles. The second-order valence-electron chi connectivity index (χ2n) is 7.46. The minimum absolute atomic E-state index is 0.0199. The molecule has 2 aliphatic rings. The first kappa shape index (κ1) is 18.3. The summed E-state index contributed by atoms with van der Waals surface area (Å²) in [6.07, 6.45) is 1.61. The van der Waals surface area contributed by atoms with Gasteiger partial charge in [0.15, 0.2) is 17.3 Å². The van der Waals surface area contributed by atoms with Crippen molar-refractivity contribution in [1.29, 1.82) is 0 Å². The lowest BCUT2D eigenvalue weighted by Gasteiger charge is -2.32. The van der Waals surface area contributed by atoms with E-state index < -0.39 is 0 Å². The molecule has 4 rings (SSSR count). The summed E-state index contributed by atoms with van der Waals surface area (Å²) in [7, 11) is 3.93. The van der Waals surface area contributed by atoms with Gasteiger partial charge in [-0.3, -0.25) is 9.59 Å². The van der Waals surface area contributed by atoms with Gasteiger partial charge in [0.25, 0.3) is 5.91 Å². The van der Waals surface area contributed by atoms with Crippen LogP contribution in [0.3, 0.4) is 0 Å². The van der Waals surface area contributed by atoms with Gasteiger partial charge in [-0.05, 0) is 55.3 Å². The molecule has 0 radical (unpaired) electrons. The smallest absolute Gasteiger partial charge is 0.253 e. The first-order valence-corrected chi connectivity index (χ1v) is 9.53. The third-order valence-electron chi connectivity index (χ3n) is 5.37. The molecule has 0 aliphatic carbocycles. The predicted octanol–water partition coefficient (Wildman–Crippen LogP) is 3.22. The van der Waals surface area contributed by atoms with Crippen LogP contribution in [-0.2, 0) is 0 Å². The largest absolute Gasteiger partial charge is 0.454 e. The van der Waals surface area contributed by atoms with Gasteiger partial charge in [0.1, 0.15) is 0 Å². The van der Waals surface area contributed by atoms with E-state index in [-0.39, 0.29) is 24.4 Å². The van der Waals surface area contributed by atoms with Crippen molar-refractivity contribution in [2.24, 2.45) is 5.92 Å². The molecule has 0 N–H and O–H groups in total. The highest BCUT2D eigenvalue weighted by Gasteiger charge is 2.30. The molecular formula is C22H24N2O4. The van der Waals surface area contributed by atoms with Crippen molar-refractivity contribution in [2.45, 2.75) is 12.8 Å². The van der Waals surface area contributed by atoms with Gasteiger partial charge in [-0.25, -0.2) is 0 Å². The van der Waals surface area contributed by atoms with Crippen molar-refractivity contribution in [3.63, 3.8) is 0 Å². The number of ether oxygens (including phenoxy) is 2. The van der Waals surface area contributed by atoms with Gasteiger partial charge in [0.2, 0.25) is 6.79 Å². The molecule has 0 bridgehead atoms. The third kappa shape index (κ3) is 3.54. The van der Waals surface area contributed by atoms with Crippen LogP contribution in [0.5, 0.6) is 11.5 Å². The van der Waals surface area contributed by atoms with Crippen LogP contribution in [0.15, 0.2) is 42.5 Å². The van der Waals surface area contributed by atoms with Crippen molar-refractivity contribution < 1.29 is 19.1 Å². The molecular weight excluding hydrogens is 356 g/mol. The quantitative estimate of drug-likeness (QED) is 0.763. The number of fused-ring (bicyclic) bond motifs is 1. The van der Waals surface area contributed by atoms with Crippen LogP contribution in [0.1, 0.15) is 33.6 Å². The van der Waals surface area contributed by atoms with Gasteiger partial charge in [0, 0.05) is 49.9 Å². The first-order valence-electron chi connectivity index (χ1n) is 9.53. The van der Waals surface area contributed by atoms with Gasteiger partial charge < -0.3 is 19.3 Å². The van der Waals surface area contributed by atoms with E-state index in [2.05, 4.69) is 0 Å². The predicted molar refractivity (Wildman–Crippen MR) is 106 cm³/mol. The summed E-state index contributed by atoms with van der Waals surface area (Å²) in [4.78, 5) is 29.7. The molecule has 1 atom stereocenters. The molecule has 28 heavy (non-hydrogen) atoms. The second-order valence-corrected chi connectivity index (χ2v) is 7.46. The fourth-order valence-electron chi connectivity index (χ4n) is 3.75. The Hall–Kier alpha value is -3.02. The van der Waals surface area contributed by atoms with Crippen LogP contribution in [0.2, 0.25) is 0 Å². The van der Waals surface area contributed by atoms with Gasteiger partial charge in [0.05, 0.1) is 0 Å². The molecule has 1 fully saturated rings. The molecule has 0 saturated carbocycles. The average molecular weight is 380 g/mol. The Morgan fingerprint density at radius 2 is 1.71 bits per heavy atom. The van der Waals surface area contributed by atoms with E-state index in [1.54, 1.807) is 23.1 Å². The fourth-order valence-corrected chi connectivity index (χ4v) is 3.75. The summed E-state index contributed by atoms with van der Waals surface area (Å²) in [5, 5.41) is 0. The highest BCUT2D eigenvalue weighted by molar-refractivity contribution is 6.00. The number of hydrogen-bond donors (Lipinski definition) is 0. The normalized spacial score (nSPS) is 18.1. The van der Waals surface area contributed by atoms with E-state index in [1.807, 2.05) is 43.3 Å². The topological polar surface area (TPSA) is 59.1 Å². The summed E-state index contributed by atoms with van der Waals surface area (Å²) in [5.74, 6) is 1.11. The minimum atomic E-state index is -0.195. The Kier molecular flexibility index (Phi) is 4.94. The van der Waals surface area contributed by atoms with Crippen molar-refractivity contribution >= 4 is 17.4 Å². The van der Waals surface area contributed by atoms with E-state index in [4.69, 9.17) is 9.47 Å².